The minimum absolute atomic E-state index is 0.0251. The van der Waals surface area contributed by atoms with Crippen molar-refractivity contribution in [2.45, 2.75) is 44.3 Å². The van der Waals surface area contributed by atoms with Gasteiger partial charge in [-0.25, -0.2) is 0 Å². The number of carbonyl (C=O) groups is 2. The fraction of sp³-hybridized carbons (Fsp3) is 0.467. The van der Waals surface area contributed by atoms with Crippen LogP contribution in [-0.2, 0) is 9.59 Å². The minimum atomic E-state index is -0.517. The van der Waals surface area contributed by atoms with Gasteiger partial charge < -0.3 is 10.2 Å². The Hall–Kier alpha value is -1.84. The first kappa shape index (κ1) is 12.2. The molecular weight excluding hydrogens is 240 g/mol. The molecule has 1 aromatic rings. The number of benzene rings is 1. The molecule has 1 aliphatic carbocycles. The summed E-state index contributed by atoms with van der Waals surface area (Å²) in [5.74, 6) is 0.0167. The summed E-state index contributed by atoms with van der Waals surface area (Å²) in [5, 5.41) is 2.87. The Balaban J connectivity index is 1.91. The first-order valence-corrected chi connectivity index (χ1v) is 6.90. The molecule has 0 aromatic heterocycles. The molecule has 0 radical (unpaired) electrons. The van der Waals surface area contributed by atoms with Gasteiger partial charge in [-0.1, -0.05) is 37.3 Å². The van der Waals surface area contributed by atoms with Crippen molar-refractivity contribution >= 4 is 11.8 Å². The van der Waals surface area contributed by atoms with Crippen molar-refractivity contribution in [3.05, 3.63) is 35.9 Å². The summed E-state index contributed by atoms with van der Waals surface area (Å²) in [6.45, 7) is 1.95. The highest BCUT2D eigenvalue weighted by atomic mass is 16.2. The summed E-state index contributed by atoms with van der Waals surface area (Å²) >= 11 is 0. The van der Waals surface area contributed by atoms with Gasteiger partial charge in [-0.05, 0) is 24.8 Å². The van der Waals surface area contributed by atoms with Crippen LogP contribution < -0.4 is 5.32 Å². The lowest BCUT2D eigenvalue weighted by Crippen LogP contribution is -2.60. The minimum Gasteiger partial charge on any atom is -0.339 e. The molecule has 4 heteroatoms. The van der Waals surface area contributed by atoms with E-state index in [-0.39, 0.29) is 23.9 Å². The van der Waals surface area contributed by atoms with E-state index >= 15 is 0 Å². The van der Waals surface area contributed by atoms with Crippen molar-refractivity contribution in [2.75, 3.05) is 0 Å². The molecule has 2 unspecified atom stereocenters. The number of hydrogen-bond donors (Lipinski definition) is 1. The van der Waals surface area contributed by atoms with E-state index in [1.165, 1.54) is 0 Å². The zero-order chi connectivity index (χ0) is 13.4. The lowest BCUT2D eigenvalue weighted by atomic mass is 9.99. The van der Waals surface area contributed by atoms with E-state index in [2.05, 4.69) is 5.32 Å². The normalized spacial score (nSPS) is 27.3. The van der Waals surface area contributed by atoms with Crippen molar-refractivity contribution in [2.24, 2.45) is 0 Å². The highest BCUT2D eigenvalue weighted by molar-refractivity contribution is 5.97. The molecule has 1 heterocycles. The molecule has 0 spiro atoms. The van der Waals surface area contributed by atoms with Crippen LogP contribution in [0.5, 0.6) is 0 Å². The number of nitrogens with zero attached hydrogens (tertiary/aromatic N) is 1. The summed E-state index contributed by atoms with van der Waals surface area (Å²) < 4.78 is 0. The van der Waals surface area contributed by atoms with Crippen molar-refractivity contribution in [1.82, 2.24) is 10.2 Å². The van der Waals surface area contributed by atoms with Crippen LogP contribution in [0.4, 0.5) is 0 Å². The third kappa shape index (κ3) is 2.11. The molecule has 1 aliphatic heterocycles. The lowest BCUT2D eigenvalue weighted by Gasteiger charge is -2.39. The molecule has 19 heavy (non-hydrogen) atoms. The van der Waals surface area contributed by atoms with Gasteiger partial charge in [0.2, 0.25) is 5.91 Å². The second kappa shape index (κ2) is 4.68. The molecular formula is C15H18N2O2. The maximum Gasteiger partial charge on any atom is 0.250 e. The highest BCUT2D eigenvalue weighted by Crippen LogP contribution is 2.34. The van der Waals surface area contributed by atoms with E-state index in [0.29, 0.717) is 6.42 Å². The van der Waals surface area contributed by atoms with Crippen LogP contribution in [0.15, 0.2) is 30.3 Å². The standard InChI is InChI=1S/C15H18N2O2/c1-2-12-14(18)16-13(10-6-4-3-5-7-10)15(19)17(12)11-8-9-11/h3-7,11-13H,2,8-9H2,1H3,(H,16,18). The van der Waals surface area contributed by atoms with Crippen LogP contribution in [0.1, 0.15) is 37.8 Å². The summed E-state index contributed by atoms with van der Waals surface area (Å²) in [5.41, 5.74) is 0.862. The molecule has 2 fully saturated rings. The van der Waals surface area contributed by atoms with Crippen LogP contribution in [0.25, 0.3) is 0 Å². The molecule has 4 nitrogen and oxygen atoms in total. The van der Waals surface area contributed by atoms with Gasteiger partial charge in [0.1, 0.15) is 12.1 Å². The van der Waals surface area contributed by atoms with Crippen molar-refractivity contribution < 1.29 is 9.59 Å². The highest BCUT2D eigenvalue weighted by Gasteiger charge is 2.46. The average molecular weight is 258 g/mol. The van der Waals surface area contributed by atoms with Crippen LogP contribution in [0, 0.1) is 0 Å². The van der Waals surface area contributed by atoms with Crippen LogP contribution in [-0.4, -0.2) is 28.8 Å². The molecule has 2 atom stereocenters. The van der Waals surface area contributed by atoms with Crippen LogP contribution in [0.3, 0.4) is 0 Å². The molecule has 1 saturated carbocycles. The van der Waals surface area contributed by atoms with Gasteiger partial charge in [0.25, 0.3) is 5.91 Å². The van der Waals surface area contributed by atoms with E-state index in [9.17, 15) is 9.59 Å². The van der Waals surface area contributed by atoms with Gasteiger partial charge in [0.05, 0.1) is 0 Å². The maximum absolute atomic E-state index is 12.6. The fourth-order valence-corrected chi connectivity index (χ4v) is 2.77. The number of amides is 2. The van der Waals surface area contributed by atoms with Crippen LogP contribution in [0.2, 0.25) is 0 Å². The summed E-state index contributed by atoms with van der Waals surface area (Å²) in [7, 11) is 0. The Morgan fingerprint density at radius 3 is 2.47 bits per heavy atom. The van der Waals surface area contributed by atoms with Crippen molar-refractivity contribution in [3.8, 4) is 0 Å². The van der Waals surface area contributed by atoms with Crippen molar-refractivity contribution in [3.63, 3.8) is 0 Å². The third-order valence-electron chi connectivity index (χ3n) is 3.89. The predicted molar refractivity (Wildman–Crippen MR) is 71.3 cm³/mol. The van der Waals surface area contributed by atoms with Gasteiger partial charge in [-0.2, -0.15) is 0 Å². The molecule has 100 valence electrons. The average Bonchev–Trinajstić information content (AvgIpc) is 3.26. The Morgan fingerprint density at radius 2 is 1.89 bits per heavy atom. The quantitative estimate of drug-likeness (QED) is 0.895. The number of nitrogens with one attached hydrogen (secondary N) is 1. The van der Waals surface area contributed by atoms with Gasteiger partial charge in [0, 0.05) is 6.04 Å². The molecule has 1 N–H and O–H groups in total. The monoisotopic (exact) mass is 258 g/mol. The SMILES string of the molecule is CCC1C(=O)NC(c2ccccc2)C(=O)N1C1CC1. The molecule has 1 saturated heterocycles. The first-order valence-electron chi connectivity index (χ1n) is 6.90. The van der Waals surface area contributed by atoms with Gasteiger partial charge in [-0.15, -0.1) is 0 Å². The number of hydrogen-bond acceptors (Lipinski definition) is 2. The molecule has 2 aliphatic rings. The predicted octanol–water partition coefficient (Wildman–Crippen LogP) is 1.63. The Morgan fingerprint density at radius 1 is 1.21 bits per heavy atom. The smallest absolute Gasteiger partial charge is 0.250 e. The van der Waals surface area contributed by atoms with Crippen LogP contribution >= 0.6 is 0 Å². The van der Waals surface area contributed by atoms with Gasteiger partial charge >= 0.3 is 0 Å². The van der Waals surface area contributed by atoms with E-state index < -0.39 is 6.04 Å². The largest absolute Gasteiger partial charge is 0.339 e. The Bertz CT molecular complexity index is 496. The molecule has 3 rings (SSSR count). The summed E-state index contributed by atoms with van der Waals surface area (Å²) in [6.07, 6.45) is 2.73. The zero-order valence-corrected chi connectivity index (χ0v) is 11.0. The number of rotatable bonds is 3. The molecule has 2 amide bonds. The first-order chi connectivity index (χ1) is 9.22. The zero-order valence-electron chi connectivity index (χ0n) is 11.0. The lowest BCUT2D eigenvalue weighted by molar-refractivity contribution is -0.150. The number of carbonyl (C=O) groups excluding carboxylic acids is 2. The van der Waals surface area contributed by atoms with E-state index in [1.54, 1.807) is 0 Å². The third-order valence-corrected chi connectivity index (χ3v) is 3.89. The van der Waals surface area contributed by atoms with E-state index in [4.69, 9.17) is 0 Å². The second-order valence-electron chi connectivity index (χ2n) is 5.25. The topological polar surface area (TPSA) is 49.4 Å². The molecule has 1 aromatic carbocycles. The summed E-state index contributed by atoms with van der Waals surface area (Å²) in [6, 6.07) is 8.93. The van der Waals surface area contributed by atoms with Crippen molar-refractivity contribution in [1.29, 1.82) is 0 Å². The van der Waals surface area contributed by atoms with E-state index in [1.807, 2.05) is 42.2 Å². The Kier molecular flexibility index (Phi) is 3.01. The van der Waals surface area contributed by atoms with Gasteiger partial charge in [0.15, 0.2) is 0 Å². The number of piperazine rings is 1. The maximum atomic E-state index is 12.6. The molecule has 0 bridgehead atoms. The van der Waals surface area contributed by atoms with Gasteiger partial charge in [-0.3, -0.25) is 9.59 Å². The fourth-order valence-electron chi connectivity index (χ4n) is 2.77. The second-order valence-corrected chi connectivity index (χ2v) is 5.25. The summed E-state index contributed by atoms with van der Waals surface area (Å²) in [4.78, 5) is 26.6. The van der Waals surface area contributed by atoms with E-state index in [0.717, 1.165) is 18.4 Å². The Labute approximate surface area is 112 Å².